The lowest BCUT2D eigenvalue weighted by atomic mass is 10.3. The van der Waals surface area contributed by atoms with E-state index in [1.54, 1.807) is 0 Å². The Balaban J connectivity index is 2.41. The summed E-state index contributed by atoms with van der Waals surface area (Å²) in [6, 6.07) is 7.83. The molecule has 0 amide bonds. The molecule has 2 nitrogen and oxygen atoms in total. The van der Waals surface area contributed by atoms with Gasteiger partial charge in [0.25, 0.3) is 0 Å². The van der Waals surface area contributed by atoms with Crippen molar-refractivity contribution in [3.63, 3.8) is 0 Å². The molecule has 0 radical (unpaired) electrons. The van der Waals surface area contributed by atoms with Gasteiger partial charge in [-0.1, -0.05) is 12.1 Å². The molecule has 2 rings (SSSR count). The fourth-order valence-corrected chi connectivity index (χ4v) is 1.81. The summed E-state index contributed by atoms with van der Waals surface area (Å²) in [5.74, 6) is 0. The number of nitrogens with one attached hydrogen (secondary N) is 1. The maximum absolute atomic E-state index is 10.9. The summed E-state index contributed by atoms with van der Waals surface area (Å²) in [5, 5.41) is 3.23. The molecule has 0 bridgehead atoms. The highest BCUT2D eigenvalue weighted by atomic mass is 32.2. The highest BCUT2D eigenvalue weighted by Crippen LogP contribution is 2.30. The molecule has 1 aromatic carbocycles. The predicted octanol–water partition coefficient (Wildman–Crippen LogP) is 1.73. The van der Waals surface area contributed by atoms with Gasteiger partial charge in [0.2, 0.25) is 5.12 Å². The Morgan fingerprint density at radius 3 is 3.09 bits per heavy atom. The van der Waals surface area contributed by atoms with Gasteiger partial charge in [-0.25, -0.2) is 0 Å². The first kappa shape index (κ1) is 6.73. The Hall–Kier alpha value is -0.960. The van der Waals surface area contributed by atoms with Gasteiger partial charge in [-0.2, -0.15) is 0 Å². The van der Waals surface area contributed by atoms with E-state index in [-0.39, 0.29) is 5.12 Å². The number of para-hydroxylation sites is 1. The lowest BCUT2D eigenvalue weighted by Crippen LogP contribution is -2.15. The average Bonchev–Trinajstić information content (AvgIpc) is 2.04. The zero-order chi connectivity index (χ0) is 7.68. The van der Waals surface area contributed by atoms with Crippen molar-refractivity contribution in [2.24, 2.45) is 0 Å². The van der Waals surface area contributed by atoms with Crippen molar-refractivity contribution in [1.82, 2.24) is 0 Å². The summed E-state index contributed by atoms with van der Waals surface area (Å²) in [6.07, 6.45) is 0. The summed E-state index contributed by atoms with van der Waals surface area (Å²) in [7, 11) is 0. The van der Waals surface area contributed by atoms with E-state index in [0.717, 1.165) is 10.6 Å². The van der Waals surface area contributed by atoms with Crippen LogP contribution in [-0.2, 0) is 4.79 Å². The number of carbonyl (C=O) groups excluding carboxylic acids is 1. The Morgan fingerprint density at radius 1 is 1.36 bits per heavy atom. The van der Waals surface area contributed by atoms with E-state index in [1.165, 1.54) is 11.8 Å². The van der Waals surface area contributed by atoms with E-state index in [2.05, 4.69) is 5.32 Å². The number of anilines is 1. The molecular formula is C8H7NOS. The monoisotopic (exact) mass is 165 g/mol. The summed E-state index contributed by atoms with van der Waals surface area (Å²) in [6.45, 7) is 0.446. The molecule has 0 unspecified atom stereocenters. The predicted molar refractivity (Wildman–Crippen MR) is 45.8 cm³/mol. The van der Waals surface area contributed by atoms with Crippen molar-refractivity contribution in [2.75, 3.05) is 11.9 Å². The third-order valence-corrected chi connectivity index (χ3v) is 2.48. The van der Waals surface area contributed by atoms with Gasteiger partial charge >= 0.3 is 0 Å². The molecule has 0 aromatic heterocycles. The van der Waals surface area contributed by atoms with Gasteiger partial charge in [-0.15, -0.1) is 0 Å². The molecular weight excluding hydrogens is 158 g/mol. The van der Waals surface area contributed by atoms with Gasteiger partial charge in [0.15, 0.2) is 0 Å². The lowest BCUT2D eigenvalue weighted by Gasteiger charge is -2.14. The molecule has 0 saturated carbocycles. The largest absolute Gasteiger partial charge is 0.376 e. The minimum absolute atomic E-state index is 0.184. The highest BCUT2D eigenvalue weighted by molar-refractivity contribution is 8.14. The summed E-state index contributed by atoms with van der Waals surface area (Å²) in [4.78, 5) is 12.0. The van der Waals surface area contributed by atoms with E-state index in [9.17, 15) is 4.79 Å². The molecule has 1 heterocycles. The van der Waals surface area contributed by atoms with E-state index in [1.807, 2.05) is 24.3 Å². The smallest absolute Gasteiger partial charge is 0.212 e. The normalized spacial score (nSPS) is 15.5. The molecule has 1 N–H and O–H groups in total. The molecule has 1 aromatic rings. The SMILES string of the molecule is O=C1CNc2ccccc2S1. The zero-order valence-electron chi connectivity index (χ0n) is 5.83. The van der Waals surface area contributed by atoms with Crippen LogP contribution in [-0.4, -0.2) is 11.7 Å². The average molecular weight is 165 g/mol. The number of rotatable bonds is 0. The fraction of sp³-hybridized carbons (Fsp3) is 0.125. The van der Waals surface area contributed by atoms with E-state index < -0.39 is 0 Å². The number of benzene rings is 1. The number of hydrogen-bond donors (Lipinski definition) is 1. The van der Waals surface area contributed by atoms with Crippen molar-refractivity contribution in [3.8, 4) is 0 Å². The van der Waals surface area contributed by atoms with E-state index in [4.69, 9.17) is 0 Å². The summed E-state index contributed by atoms with van der Waals surface area (Å²) < 4.78 is 0. The second-order valence-corrected chi connectivity index (χ2v) is 3.42. The summed E-state index contributed by atoms with van der Waals surface area (Å²) in [5.41, 5.74) is 1.07. The standard InChI is InChI=1S/C8H7NOS/c10-8-5-9-6-3-1-2-4-7(6)11-8/h1-4,9H,5H2. The second-order valence-electron chi connectivity index (χ2n) is 2.32. The molecule has 1 aliphatic heterocycles. The van der Waals surface area contributed by atoms with Crippen LogP contribution >= 0.6 is 11.8 Å². The van der Waals surface area contributed by atoms with Crippen molar-refractivity contribution in [1.29, 1.82) is 0 Å². The van der Waals surface area contributed by atoms with Gasteiger partial charge in [0.1, 0.15) is 0 Å². The second kappa shape index (κ2) is 2.58. The van der Waals surface area contributed by atoms with Crippen LogP contribution in [0.25, 0.3) is 0 Å². The molecule has 0 saturated heterocycles. The van der Waals surface area contributed by atoms with Crippen molar-refractivity contribution >= 4 is 22.6 Å². The van der Waals surface area contributed by atoms with Gasteiger partial charge < -0.3 is 5.32 Å². The first-order valence-electron chi connectivity index (χ1n) is 3.40. The van der Waals surface area contributed by atoms with Crippen molar-refractivity contribution in [2.45, 2.75) is 4.90 Å². The Bertz CT molecular complexity index is 298. The number of thioether (sulfide) groups is 1. The molecule has 0 spiro atoms. The fourth-order valence-electron chi connectivity index (χ4n) is 1.03. The quantitative estimate of drug-likeness (QED) is 0.634. The first-order chi connectivity index (χ1) is 5.36. The van der Waals surface area contributed by atoms with Crippen LogP contribution in [0, 0.1) is 0 Å². The van der Waals surface area contributed by atoms with Crippen molar-refractivity contribution in [3.05, 3.63) is 24.3 Å². The van der Waals surface area contributed by atoms with Crippen LogP contribution in [0.5, 0.6) is 0 Å². The highest BCUT2D eigenvalue weighted by Gasteiger charge is 2.13. The maximum Gasteiger partial charge on any atom is 0.212 e. The molecule has 0 fully saturated rings. The molecule has 0 atom stereocenters. The molecule has 3 heteroatoms. The zero-order valence-corrected chi connectivity index (χ0v) is 6.65. The van der Waals surface area contributed by atoms with Gasteiger partial charge in [0.05, 0.1) is 6.54 Å². The van der Waals surface area contributed by atoms with Gasteiger partial charge in [0, 0.05) is 10.6 Å². The molecule has 11 heavy (non-hydrogen) atoms. The molecule has 0 aliphatic carbocycles. The minimum atomic E-state index is 0.184. The van der Waals surface area contributed by atoms with Crippen LogP contribution in [0.4, 0.5) is 5.69 Å². The lowest BCUT2D eigenvalue weighted by molar-refractivity contribution is -0.109. The van der Waals surface area contributed by atoms with Crippen LogP contribution in [0.15, 0.2) is 29.2 Å². The topological polar surface area (TPSA) is 29.1 Å². The van der Waals surface area contributed by atoms with Gasteiger partial charge in [-0.05, 0) is 23.9 Å². The van der Waals surface area contributed by atoms with Crippen LogP contribution in [0.3, 0.4) is 0 Å². The van der Waals surface area contributed by atoms with Crippen molar-refractivity contribution < 1.29 is 4.79 Å². The van der Waals surface area contributed by atoms with E-state index in [0.29, 0.717) is 6.54 Å². The third-order valence-electron chi connectivity index (χ3n) is 1.53. The van der Waals surface area contributed by atoms with Crippen LogP contribution in [0.1, 0.15) is 0 Å². The third kappa shape index (κ3) is 1.24. The summed E-state index contributed by atoms with van der Waals surface area (Å²) >= 11 is 1.31. The number of fused-ring (bicyclic) bond motifs is 1. The Labute approximate surface area is 69.0 Å². The number of hydrogen-bond acceptors (Lipinski definition) is 3. The minimum Gasteiger partial charge on any atom is -0.376 e. The van der Waals surface area contributed by atoms with Gasteiger partial charge in [-0.3, -0.25) is 4.79 Å². The number of carbonyl (C=O) groups is 1. The Kier molecular flexibility index (Phi) is 1.58. The molecule has 1 aliphatic rings. The maximum atomic E-state index is 10.9. The van der Waals surface area contributed by atoms with Crippen LogP contribution in [0.2, 0.25) is 0 Å². The first-order valence-corrected chi connectivity index (χ1v) is 4.21. The van der Waals surface area contributed by atoms with Crippen LogP contribution < -0.4 is 5.32 Å². The molecule has 56 valence electrons. The Morgan fingerprint density at radius 2 is 2.18 bits per heavy atom. The van der Waals surface area contributed by atoms with E-state index >= 15 is 0 Å².